The first kappa shape index (κ1) is 12.3. The van der Waals surface area contributed by atoms with Crippen LogP contribution in [0.1, 0.15) is 5.56 Å². The van der Waals surface area contributed by atoms with Crippen molar-refractivity contribution in [1.82, 2.24) is 0 Å². The van der Waals surface area contributed by atoms with E-state index < -0.39 is 0 Å². The fourth-order valence-corrected chi connectivity index (χ4v) is 1.33. The fourth-order valence-electron chi connectivity index (χ4n) is 1.33. The van der Waals surface area contributed by atoms with Crippen molar-refractivity contribution in [3.63, 3.8) is 0 Å². The van der Waals surface area contributed by atoms with E-state index in [4.69, 9.17) is 0 Å². The molecule has 2 aromatic carbocycles. The molecule has 0 unspecified atom stereocenters. The normalized spacial score (nSPS) is 9.21. The van der Waals surface area contributed by atoms with Crippen LogP contribution in [0, 0.1) is 13.0 Å². The third kappa shape index (κ3) is 3.13. The molecule has 0 saturated heterocycles. The van der Waals surface area contributed by atoms with E-state index in [1.165, 1.54) is 16.7 Å². The van der Waals surface area contributed by atoms with Crippen molar-refractivity contribution in [2.24, 2.45) is 0 Å². The maximum Gasteiger partial charge on any atom is 1.00 e. The second-order valence-electron chi connectivity index (χ2n) is 3.15. The summed E-state index contributed by atoms with van der Waals surface area (Å²) in [6, 6.07) is 19.6. The van der Waals surface area contributed by atoms with Gasteiger partial charge in [-0.25, -0.2) is 0 Å². The molecular weight excluding hydrogens is 242 g/mol. The summed E-state index contributed by atoms with van der Waals surface area (Å²) >= 11 is 0. The van der Waals surface area contributed by atoms with Crippen LogP contribution in [0.5, 0.6) is 0 Å². The van der Waals surface area contributed by atoms with Crippen LogP contribution in [0.2, 0.25) is 0 Å². The fraction of sp³-hybridized carbons (Fsp3) is 0.0769. The van der Waals surface area contributed by atoms with Gasteiger partial charge >= 0.3 is 58.2 Å². The Labute approximate surface area is 134 Å². The first-order valence-corrected chi connectivity index (χ1v) is 4.39. The number of rotatable bonds is 1. The Morgan fingerprint density at radius 1 is 0.786 bits per heavy atom. The molecule has 0 radical (unpaired) electrons. The molecule has 2 rings (SSSR count). The average molecular weight is 253 g/mol. The number of hydrogen-bond donors (Lipinski definition) is 0. The van der Waals surface area contributed by atoms with Gasteiger partial charge < -0.3 is 0 Å². The topological polar surface area (TPSA) is 0 Å². The van der Waals surface area contributed by atoms with E-state index in [9.17, 15) is 0 Å². The molecule has 0 aliphatic carbocycles. The van der Waals surface area contributed by atoms with Crippen LogP contribution in [-0.2, 0) is 0 Å². The van der Waals surface area contributed by atoms with Crippen molar-refractivity contribution < 1.29 is 58.2 Å². The Morgan fingerprint density at radius 3 is 1.86 bits per heavy atom. The summed E-state index contributed by atoms with van der Waals surface area (Å²) in [5.74, 6) is 0. The second-order valence-corrected chi connectivity index (χ2v) is 3.15. The zero-order chi connectivity index (χ0) is 9.10. The van der Waals surface area contributed by atoms with Gasteiger partial charge in [-0.3, -0.25) is 0 Å². The molecule has 2 aromatic rings. The molecule has 0 N–H and O–H groups in total. The Bertz CT molecular complexity index is 376. The Kier molecular flexibility index (Phi) is 5.25. The molecule has 0 saturated carbocycles. The molecule has 0 atom stereocenters. The minimum absolute atomic E-state index is 0. The molecule has 0 heterocycles. The van der Waals surface area contributed by atoms with E-state index in [1.807, 2.05) is 12.1 Å². The van der Waals surface area contributed by atoms with Crippen LogP contribution >= 0.6 is 0 Å². The molecule has 0 bridgehead atoms. The van der Waals surface area contributed by atoms with E-state index in [2.05, 4.69) is 49.4 Å². The van der Waals surface area contributed by atoms with Gasteiger partial charge in [0, 0.05) is 0 Å². The maximum atomic E-state index is 3.01. The van der Waals surface area contributed by atoms with Gasteiger partial charge in [0.25, 0.3) is 0 Å². The summed E-state index contributed by atoms with van der Waals surface area (Å²) in [6.07, 6.45) is 0. The molecule has 1 heteroatoms. The Hall–Kier alpha value is 0.245. The van der Waals surface area contributed by atoms with E-state index >= 15 is 0 Å². The largest absolute Gasteiger partial charge is 1.00 e. The molecule has 0 fully saturated rings. The van der Waals surface area contributed by atoms with Gasteiger partial charge in [-0.15, -0.1) is 5.56 Å². The van der Waals surface area contributed by atoms with Crippen molar-refractivity contribution in [1.29, 1.82) is 0 Å². The Balaban J connectivity index is 0.000000980. The van der Waals surface area contributed by atoms with Gasteiger partial charge in [-0.05, 0) is 12.5 Å². The first-order chi connectivity index (χ1) is 6.36. The predicted molar refractivity (Wildman–Crippen MR) is 55.5 cm³/mol. The summed E-state index contributed by atoms with van der Waals surface area (Å²) in [5.41, 5.74) is 3.81. The van der Waals surface area contributed by atoms with Crippen LogP contribution < -0.4 is 58.2 Å². The van der Waals surface area contributed by atoms with Gasteiger partial charge in [0.15, 0.2) is 0 Å². The summed E-state index contributed by atoms with van der Waals surface area (Å²) in [5, 5.41) is 0. The van der Waals surface area contributed by atoms with E-state index in [-0.39, 0.29) is 58.2 Å². The monoisotopic (exact) mass is 252 g/mol. The van der Waals surface area contributed by atoms with Crippen molar-refractivity contribution in [3.05, 3.63) is 60.2 Å². The molecule has 0 aliphatic heterocycles. The molecule has 0 aliphatic rings. The standard InChI is InChI=1S/C13H11.Rb/c1-11-7-9-13(10-8-11)12-5-3-2-4-6-12;/h3-10H,1H3;/q-1;+1. The van der Waals surface area contributed by atoms with Crippen LogP contribution in [-0.4, -0.2) is 0 Å². The zero-order valence-corrected chi connectivity index (χ0v) is 13.5. The predicted octanol–water partition coefficient (Wildman–Crippen LogP) is 0.466. The maximum absolute atomic E-state index is 3.01. The number of hydrogen-bond acceptors (Lipinski definition) is 0. The second kappa shape index (κ2) is 5.97. The van der Waals surface area contributed by atoms with E-state index in [0.29, 0.717) is 0 Å². The molecule has 0 aromatic heterocycles. The van der Waals surface area contributed by atoms with Crippen molar-refractivity contribution >= 4 is 0 Å². The van der Waals surface area contributed by atoms with Crippen molar-refractivity contribution in [3.8, 4) is 11.1 Å². The van der Waals surface area contributed by atoms with Gasteiger partial charge in [0.05, 0.1) is 0 Å². The summed E-state index contributed by atoms with van der Waals surface area (Å²) in [7, 11) is 0. The summed E-state index contributed by atoms with van der Waals surface area (Å²) < 4.78 is 0. The third-order valence-electron chi connectivity index (χ3n) is 2.10. The van der Waals surface area contributed by atoms with Gasteiger partial charge in [0.2, 0.25) is 0 Å². The Morgan fingerprint density at radius 2 is 1.29 bits per heavy atom. The summed E-state index contributed by atoms with van der Waals surface area (Å²) in [6.45, 7) is 2.10. The molecule has 0 spiro atoms. The average Bonchev–Trinajstić information content (AvgIpc) is 2.20. The van der Waals surface area contributed by atoms with Crippen LogP contribution in [0.15, 0.2) is 48.5 Å². The molecule has 64 valence electrons. The third-order valence-corrected chi connectivity index (χ3v) is 2.10. The quantitative estimate of drug-likeness (QED) is 0.648. The molecule has 0 nitrogen and oxygen atoms in total. The zero-order valence-electron chi connectivity index (χ0n) is 8.62. The first-order valence-electron chi connectivity index (χ1n) is 4.39. The van der Waals surface area contributed by atoms with Crippen molar-refractivity contribution in [2.45, 2.75) is 6.92 Å². The molecular formula is C13H11Rb. The van der Waals surface area contributed by atoms with Crippen LogP contribution in [0.4, 0.5) is 0 Å². The van der Waals surface area contributed by atoms with Crippen LogP contribution in [0.3, 0.4) is 0 Å². The smallest absolute Gasteiger partial charge is 0.184 e. The minimum atomic E-state index is 0. The molecule has 0 amide bonds. The van der Waals surface area contributed by atoms with Gasteiger partial charge in [0.1, 0.15) is 0 Å². The number of benzene rings is 2. The van der Waals surface area contributed by atoms with Gasteiger partial charge in [-0.2, -0.15) is 30.3 Å². The number of aryl methyl sites for hydroxylation is 1. The van der Waals surface area contributed by atoms with E-state index in [1.54, 1.807) is 0 Å². The SMILES string of the molecule is Cc1ccc(-c2cc[c-]cc2)cc1.[Rb+]. The van der Waals surface area contributed by atoms with Gasteiger partial charge in [-0.1, -0.05) is 29.8 Å². The minimum Gasteiger partial charge on any atom is -0.184 e. The van der Waals surface area contributed by atoms with Crippen LogP contribution in [0.25, 0.3) is 11.1 Å². The van der Waals surface area contributed by atoms with Crippen molar-refractivity contribution in [2.75, 3.05) is 0 Å². The summed E-state index contributed by atoms with van der Waals surface area (Å²) in [4.78, 5) is 0. The molecule has 14 heavy (non-hydrogen) atoms. The van der Waals surface area contributed by atoms with E-state index in [0.717, 1.165) is 0 Å².